The monoisotopic (exact) mass is 286 g/mol. The van der Waals surface area contributed by atoms with Crippen LogP contribution in [0.15, 0.2) is 23.0 Å². The number of H-pyrrole nitrogens is 2. The Bertz CT molecular complexity index is 811. The van der Waals surface area contributed by atoms with Gasteiger partial charge in [-0.3, -0.25) is 4.79 Å². The van der Waals surface area contributed by atoms with Gasteiger partial charge in [0.25, 0.3) is 5.56 Å². The minimum Gasteiger partial charge on any atom is -0.381 e. The van der Waals surface area contributed by atoms with E-state index in [0.717, 1.165) is 5.56 Å². The molecular weight excluding hydrogens is 272 g/mol. The predicted molar refractivity (Wildman–Crippen MR) is 75.7 cm³/mol. The molecule has 108 valence electrons. The molecule has 0 bridgehead atoms. The summed E-state index contributed by atoms with van der Waals surface area (Å²) in [6.45, 7) is 1.92. The van der Waals surface area contributed by atoms with Gasteiger partial charge in [0, 0.05) is 19.1 Å². The molecule has 8 heteroatoms. The van der Waals surface area contributed by atoms with Gasteiger partial charge in [-0.1, -0.05) is 0 Å². The summed E-state index contributed by atoms with van der Waals surface area (Å²) in [4.78, 5) is 19.4. The first-order chi connectivity index (χ1) is 10.2. The third-order valence-corrected chi connectivity index (χ3v) is 3.26. The largest absolute Gasteiger partial charge is 0.381 e. The third kappa shape index (κ3) is 2.65. The number of rotatable bonds is 4. The third-order valence-electron chi connectivity index (χ3n) is 3.26. The van der Waals surface area contributed by atoms with Crippen LogP contribution in [0.3, 0.4) is 0 Å². The quantitative estimate of drug-likeness (QED) is 0.730. The van der Waals surface area contributed by atoms with E-state index in [9.17, 15) is 4.79 Å². The van der Waals surface area contributed by atoms with Gasteiger partial charge in [-0.25, -0.2) is 10.1 Å². The highest BCUT2D eigenvalue weighted by Crippen LogP contribution is 2.17. The number of nitrogens with zero attached hydrogens (tertiary/aromatic N) is 4. The molecule has 2 N–H and O–H groups in total. The highest BCUT2D eigenvalue weighted by Gasteiger charge is 2.10. The van der Waals surface area contributed by atoms with Gasteiger partial charge in [-0.05, 0) is 35.5 Å². The first-order valence-corrected chi connectivity index (χ1v) is 6.47. The average Bonchev–Trinajstić information content (AvgIpc) is 3.01. The van der Waals surface area contributed by atoms with Gasteiger partial charge in [-0.2, -0.15) is 0 Å². The summed E-state index contributed by atoms with van der Waals surface area (Å²) in [5.74, 6) is 1.12. The van der Waals surface area contributed by atoms with E-state index >= 15 is 0 Å². The van der Waals surface area contributed by atoms with Crippen LogP contribution < -0.4 is 5.56 Å². The molecule has 0 radical (unpaired) electrons. The Balaban J connectivity index is 2.05. The van der Waals surface area contributed by atoms with Crippen molar-refractivity contribution in [2.75, 3.05) is 7.11 Å². The molecule has 8 nitrogen and oxygen atoms in total. The van der Waals surface area contributed by atoms with E-state index in [-0.39, 0.29) is 11.7 Å². The summed E-state index contributed by atoms with van der Waals surface area (Å²) >= 11 is 0. The lowest BCUT2D eigenvalue weighted by atomic mass is 10.1. The van der Waals surface area contributed by atoms with Gasteiger partial charge in [0.2, 0.25) is 0 Å². The van der Waals surface area contributed by atoms with Gasteiger partial charge >= 0.3 is 0 Å². The summed E-state index contributed by atoms with van der Waals surface area (Å²) in [5.41, 5.74) is 1.18. The number of methoxy groups -OCH3 is 1. The molecule has 2 aromatic heterocycles. The SMILES string of the molecule is COC(C)Cc1nc2ccc(-c3nnn[nH]3)cc2c(=O)[nH]1. The summed E-state index contributed by atoms with van der Waals surface area (Å²) < 4.78 is 5.19. The molecule has 0 saturated heterocycles. The fraction of sp³-hybridized carbons (Fsp3) is 0.308. The first-order valence-electron chi connectivity index (χ1n) is 6.47. The zero-order valence-corrected chi connectivity index (χ0v) is 11.6. The van der Waals surface area contributed by atoms with Gasteiger partial charge in [0.05, 0.1) is 17.0 Å². The maximum atomic E-state index is 12.2. The lowest BCUT2D eigenvalue weighted by Gasteiger charge is -2.09. The molecule has 0 fully saturated rings. The number of aromatic amines is 2. The van der Waals surface area contributed by atoms with Crippen LogP contribution in [-0.4, -0.2) is 43.8 Å². The van der Waals surface area contributed by atoms with Gasteiger partial charge in [0.15, 0.2) is 5.82 Å². The Morgan fingerprint density at radius 3 is 2.95 bits per heavy atom. The highest BCUT2D eigenvalue weighted by molar-refractivity contribution is 5.82. The summed E-state index contributed by atoms with van der Waals surface area (Å²) in [5, 5.41) is 14.0. The molecule has 0 saturated carbocycles. The second kappa shape index (κ2) is 5.41. The molecular formula is C13H14N6O2. The smallest absolute Gasteiger partial charge is 0.258 e. The maximum Gasteiger partial charge on any atom is 0.258 e. The molecule has 0 aliphatic carbocycles. The Morgan fingerprint density at radius 1 is 1.38 bits per heavy atom. The van der Waals surface area contributed by atoms with Crippen molar-refractivity contribution in [3.8, 4) is 11.4 Å². The van der Waals surface area contributed by atoms with Crippen molar-refractivity contribution >= 4 is 10.9 Å². The molecule has 1 aromatic carbocycles. The zero-order valence-electron chi connectivity index (χ0n) is 11.6. The Morgan fingerprint density at radius 2 is 2.24 bits per heavy atom. The molecule has 0 aliphatic heterocycles. The Labute approximate surface area is 119 Å². The fourth-order valence-electron chi connectivity index (χ4n) is 2.07. The van der Waals surface area contributed by atoms with E-state index in [4.69, 9.17) is 4.74 Å². The first kappa shape index (κ1) is 13.4. The molecule has 3 rings (SSSR count). The minimum absolute atomic E-state index is 0.00913. The van der Waals surface area contributed by atoms with Crippen LogP contribution in [0.2, 0.25) is 0 Å². The van der Waals surface area contributed by atoms with Crippen molar-refractivity contribution in [3.05, 3.63) is 34.4 Å². The van der Waals surface area contributed by atoms with Crippen molar-refractivity contribution in [1.29, 1.82) is 0 Å². The van der Waals surface area contributed by atoms with Crippen LogP contribution in [-0.2, 0) is 11.2 Å². The van der Waals surface area contributed by atoms with E-state index in [1.54, 1.807) is 19.2 Å². The lowest BCUT2D eigenvalue weighted by Crippen LogP contribution is -2.17. The van der Waals surface area contributed by atoms with E-state index in [0.29, 0.717) is 29.0 Å². The normalized spacial score (nSPS) is 12.7. The van der Waals surface area contributed by atoms with Crippen molar-refractivity contribution < 1.29 is 4.74 Å². The molecule has 0 aliphatic rings. The lowest BCUT2D eigenvalue weighted by molar-refractivity contribution is 0.117. The number of hydrogen-bond acceptors (Lipinski definition) is 6. The van der Waals surface area contributed by atoms with Crippen LogP contribution in [0.1, 0.15) is 12.7 Å². The van der Waals surface area contributed by atoms with E-state index < -0.39 is 0 Å². The summed E-state index contributed by atoms with van der Waals surface area (Å²) in [6, 6.07) is 5.32. The van der Waals surface area contributed by atoms with E-state index in [2.05, 4.69) is 30.6 Å². The van der Waals surface area contributed by atoms with Crippen molar-refractivity contribution in [1.82, 2.24) is 30.6 Å². The number of fused-ring (bicyclic) bond motifs is 1. The number of benzene rings is 1. The van der Waals surface area contributed by atoms with Gasteiger partial charge in [0.1, 0.15) is 5.82 Å². The van der Waals surface area contributed by atoms with Crippen molar-refractivity contribution in [3.63, 3.8) is 0 Å². The van der Waals surface area contributed by atoms with Crippen LogP contribution in [0.5, 0.6) is 0 Å². The molecule has 1 unspecified atom stereocenters. The standard InChI is InChI=1S/C13H14N6O2/c1-7(21-2)5-11-14-10-4-3-8(12-16-18-19-17-12)6-9(10)13(20)15-11/h3-4,6-7H,5H2,1-2H3,(H,14,15,20)(H,16,17,18,19). The topological polar surface area (TPSA) is 109 Å². The number of ether oxygens (including phenoxy) is 1. The molecule has 3 aromatic rings. The minimum atomic E-state index is -0.187. The number of tetrazole rings is 1. The Kier molecular flexibility index (Phi) is 3.44. The molecule has 0 spiro atoms. The van der Waals surface area contributed by atoms with E-state index in [1.165, 1.54) is 0 Å². The fourth-order valence-corrected chi connectivity index (χ4v) is 2.07. The number of aromatic nitrogens is 6. The second-order valence-electron chi connectivity index (χ2n) is 4.74. The van der Waals surface area contributed by atoms with Gasteiger partial charge < -0.3 is 9.72 Å². The van der Waals surface area contributed by atoms with Gasteiger partial charge in [-0.15, -0.1) is 5.10 Å². The predicted octanol–water partition coefficient (Wildman–Crippen LogP) is 0.681. The summed E-state index contributed by atoms with van der Waals surface area (Å²) in [7, 11) is 1.63. The average molecular weight is 286 g/mol. The van der Waals surface area contributed by atoms with Crippen LogP contribution in [0.4, 0.5) is 0 Å². The van der Waals surface area contributed by atoms with Crippen LogP contribution in [0, 0.1) is 0 Å². The molecule has 21 heavy (non-hydrogen) atoms. The number of nitrogens with one attached hydrogen (secondary N) is 2. The molecule has 1 atom stereocenters. The summed E-state index contributed by atoms with van der Waals surface area (Å²) in [6.07, 6.45) is 0.542. The van der Waals surface area contributed by atoms with Crippen molar-refractivity contribution in [2.24, 2.45) is 0 Å². The molecule has 2 heterocycles. The maximum absolute atomic E-state index is 12.2. The Hall–Kier alpha value is -2.61. The van der Waals surface area contributed by atoms with Crippen LogP contribution in [0.25, 0.3) is 22.3 Å². The van der Waals surface area contributed by atoms with E-state index in [1.807, 2.05) is 13.0 Å². The molecule has 0 amide bonds. The van der Waals surface area contributed by atoms with Crippen LogP contribution >= 0.6 is 0 Å². The number of hydrogen-bond donors (Lipinski definition) is 2. The second-order valence-corrected chi connectivity index (χ2v) is 4.74. The highest BCUT2D eigenvalue weighted by atomic mass is 16.5. The van der Waals surface area contributed by atoms with Crippen molar-refractivity contribution in [2.45, 2.75) is 19.4 Å². The zero-order chi connectivity index (χ0) is 14.8.